The molecule has 3 nitrogen and oxygen atoms in total. The molecule has 20 heavy (non-hydrogen) atoms. The molecule has 0 atom stereocenters. The minimum absolute atomic E-state index is 0.939. The maximum atomic E-state index is 3.46. The second-order valence-corrected chi connectivity index (χ2v) is 7.20. The van der Waals surface area contributed by atoms with E-state index in [4.69, 9.17) is 0 Å². The van der Waals surface area contributed by atoms with Gasteiger partial charge in [0.05, 0.1) is 0 Å². The molecule has 2 saturated heterocycles. The van der Waals surface area contributed by atoms with Crippen molar-refractivity contribution in [1.29, 1.82) is 0 Å². The van der Waals surface area contributed by atoms with Crippen LogP contribution in [0.4, 0.5) is 0 Å². The first kappa shape index (κ1) is 14.5. The Morgan fingerprint density at radius 1 is 1.10 bits per heavy atom. The molecule has 0 amide bonds. The number of piperidine rings is 1. The number of thiophene rings is 1. The molecule has 1 N–H and O–H groups in total. The van der Waals surface area contributed by atoms with E-state index in [0.717, 1.165) is 5.92 Å². The molecule has 0 bridgehead atoms. The smallest absolute Gasteiger partial charge is 0.0110 e. The summed E-state index contributed by atoms with van der Waals surface area (Å²) in [6.45, 7) is 10.1. The Kier molecular flexibility index (Phi) is 5.48. The zero-order valence-electron chi connectivity index (χ0n) is 12.4. The number of rotatable bonds is 5. The number of nitrogens with one attached hydrogen (secondary N) is 1. The Morgan fingerprint density at radius 2 is 1.85 bits per heavy atom. The quantitative estimate of drug-likeness (QED) is 0.895. The lowest BCUT2D eigenvalue weighted by Crippen LogP contribution is -2.48. The van der Waals surface area contributed by atoms with Gasteiger partial charge in [-0.05, 0) is 49.7 Å². The summed E-state index contributed by atoms with van der Waals surface area (Å²) >= 11 is 1.89. The van der Waals surface area contributed by atoms with Crippen LogP contribution in [0.2, 0.25) is 0 Å². The van der Waals surface area contributed by atoms with Gasteiger partial charge < -0.3 is 15.1 Å². The van der Waals surface area contributed by atoms with Crippen molar-refractivity contribution in [1.82, 2.24) is 15.1 Å². The Balaban J connectivity index is 1.34. The molecule has 0 unspecified atom stereocenters. The van der Waals surface area contributed by atoms with E-state index in [2.05, 4.69) is 32.6 Å². The zero-order chi connectivity index (χ0) is 13.6. The van der Waals surface area contributed by atoms with Gasteiger partial charge in [0.25, 0.3) is 0 Å². The molecule has 1 aromatic rings. The number of hydrogen-bond acceptors (Lipinski definition) is 4. The fraction of sp³-hybridized carbons (Fsp3) is 0.750. The molecule has 112 valence electrons. The summed E-state index contributed by atoms with van der Waals surface area (Å²) in [5.74, 6) is 0.939. The summed E-state index contributed by atoms with van der Waals surface area (Å²) in [5.41, 5.74) is 0. The Labute approximate surface area is 127 Å². The summed E-state index contributed by atoms with van der Waals surface area (Å²) in [6.07, 6.45) is 3.98. The van der Waals surface area contributed by atoms with Crippen LogP contribution in [0.1, 0.15) is 17.7 Å². The van der Waals surface area contributed by atoms with E-state index >= 15 is 0 Å². The van der Waals surface area contributed by atoms with Crippen molar-refractivity contribution in [2.24, 2.45) is 5.92 Å². The molecule has 4 heteroatoms. The molecule has 2 fully saturated rings. The van der Waals surface area contributed by atoms with Crippen LogP contribution in [-0.4, -0.2) is 62.2 Å². The van der Waals surface area contributed by atoms with Crippen LogP contribution in [0.5, 0.6) is 0 Å². The van der Waals surface area contributed by atoms with E-state index in [1.807, 2.05) is 11.3 Å². The Bertz CT molecular complexity index is 365. The fourth-order valence-corrected chi connectivity index (χ4v) is 4.05. The van der Waals surface area contributed by atoms with Crippen LogP contribution in [0.3, 0.4) is 0 Å². The van der Waals surface area contributed by atoms with Crippen molar-refractivity contribution in [3.63, 3.8) is 0 Å². The third-order valence-corrected chi connectivity index (χ3v) is 5.63. The first-order valence-electron chi connectivity index (χ1n) is 8.08. The molecule has 0 aromatic carbocycles. The highest BCUT2D eigenvalue weighted by Gasteiger charge is 2.21. The van der Waals surface area contributed by atoms with Gasteiger partial charge in [-0.2, -0.15) is 0 Å². The lowest BCUT2D eigenvalue weighted by atomic mass is 9.97. The standard InChI is InChI=1S/C16H27N3S/c1-2-16(20-13-1)5-8-18-9-11-19(12-10-18)14-15-3-6-17-7-4-15/h1-2,13,15,17H,3-12,14H2. The summed E-state index contributed by atoms with van der Waals surface area (Å²) < 4.78 is 0. The first-order valence-corrected chi connectivity index (χ1v) is 8.96. The van der Waals surface area contributed by atoms with Crippen LogP contribution in [-0.2, 0) is 6.42 Å². The maximum absolute atomic E-state index is 3.46. The van der Waals surface area contributed by atoms with E-state index in [9.17, 15) is 0 Å². The van der Waals surface area contributed by atoms with Gasteiger partial charge in [0.15, 0.2) is 0 Å². The average molecular weight is 293 g/mol. The predicted octanol–water partition coefficient (Wildman–Crippen LogP) is 1.91. The van der Waals surface area contributed by atoms with Gasteiger partial charge in [0.1, 0.15) is 0 Å². The van der Waals surface area contributed by atoms with Crippen molar-refractivity contribution in [2.45, 2.75) is 19.3 Å². The molecule has 2 aliphatic heterocycles. The number of piperazine rings is 1. The van der Waals surface area contributed by atoms with Crippen molar-refractivity contribution in [3.8, 4) is 0 Å². The third kappa shape index (κ3) is 4.29. The van der Waals surface area contributed by atoms with Crippen LogP contribution < -0.4 is 5.32 Å². The SMILES string of the molecule is c1csc(CCN2CCN(CC3CCNCC3)CC2)c1. The van der Waals surface area contributed by atoms with Gasteiger partial charge in [-0.3, -0.25) is 0 Å². The van der Waals surface area contributed by atoms with Crippen molar-refractivity contribution in [3.05, 3.63) is 22.4 Å². The summed E-state index contributed by atoms with van der Waals surface area (Å²) in [6, 6.07) is 4.43. The number of hydrogen-bond donors (Lipinski definition) is 1. The highest BCUT2D eigenvalue weighted by molar-refractivity contribution is 7.09. The Morgan fingerprint density at radius 3 is 2.55 bits per heavy atom. The monoisotopic (exact) mass is 293 g/mol. The van der Waals surface area contributed by atoms with Gasteiger partial charge in [0, 0.05) is 44.1 Å². The minimum Gasteiger partial charge on any atom is -0.317 e. The highest BCUT2D eigenvalue weighted by Crippen LogP contribution is 2.15. The van der Waals surface area contributed by atoms with Gasteiger partial charge in [-0.25, -0.2) is 0 Å². The van der Waals surface area contributed by atoms with Gasteiger partial charge in [0.2, 0.25) is 0 Å². The second-order valence-electron chi connectivity index (χ2n) is 6.16. The van der Waals surface area contributed by atoms with E-state index in [1.54, 1.807) is 0 Å². The molecule has 1 aromatic heterocycles. The van der Waals surface area contributed by atoms with Crippen LogP contribution in [0, 0.1) is 5.92 Å². The van der Waals surface area contributed by atoms with Crippen molar-refractivity contribution < 1.29 is 0 Å². The van der Waals surface area contributed by atoms with Gasteiger partial charge >= 0.3 is 0 Å². The third-order valence-electron chi connectivity index (χ3n) is 4.69. The second kappa shape index (κ2) is 7.55. The number of nitrogens with zero attached hydrogens (tertiary/aromatic N) is 2. The molecule has 3 rings (SSSR count). The van der Waals surface area contributed by atoms with Crippen LogP contribution >= 0.6 is 11.3 Å². The van der Waals surface area contributed by atoms with Gasteiger partial charge in [-0.15, -0.1) is 11.3 Å². The first-order chi connectivity index (χ1) is 9.90. The molecule has 0 saturated carbocycles. The minimum atomic E-state index is 0.939. The fourth-order valence-electron chi connectivity index (χ4n) is 3.35. The largest absolute Gasteiger partial charge is 0.317 e. The van der Waals surface area contributed by atoms with E-state index < -0.39 is 0 Å². The molecule has 0 spiro atoms. The molecule has 0 aliphatic carbocycles. The molecular formula is C16H27N3S. The molecule has 3 heterocycles. The summed E-state index contributed by atoms with van der Waals surface area (Å²) in [4.78, 5) is 6.86. The van der Waals surface area contributed by atoms with Crippen LogP contribution in [0.15, 0.2) is 17.5 Å². The van der Waals surface area contributed by atoms with Crippen LogP contribution in [0.25, 0.3) is 0 Å². The topological polar surface area (TPSA) is 18.5 Å². The lowest BCUT2D eigenvalue weighted by molar-refractivity contribution is 0.112. The molecular weight excluding hydrogens is 266 g/mol. The van der Waals surface area contributed by atoms with E-state index in [-0.39, 0.29) is 0 Å². The maximum Gasteiger partial charge on any atom is 0.0110 e. The zero-order valence-corrected chi connectivity index (χ0v) is 13.2. The highest BCUT2D eigenvalue weighted by atomic mass is 32.1. The predicted molar refractivity (Wildman–Crippen MR) is 86.5 cm³/mol. The normalized spacial score (nSPS) is 23.2. The van der Waals surface area contributed by atoms with Crippen molar-refractivity contribution >= 4 is 11.3 Å². The molecule has 0 radical (unpaired) electrons. The summed E-state index contributed by atoms with van der Waals surface area (Å²) in [7, 11) is 0. The Hall–Kier alpha value is -0.420. The summed E-state index contributed by atoms with van der Waals surface area (Å²) in [5, 5.41) is 5.65. The van der Waals surface area contributed by atoms with E-state index in [1.165, 1.54) is 76.5 Å². The van der Waals surface area contributed by atoms with Crippen molar-refractivity contribution in [2.75, 3.05) is 52.4 Å². The average Bonchev–Trinajstić information content (AvgIpc) is 3.01. The van der Waals surface area contributed by atoms with Gasteiger partial charge in [-0.1, -0.05) is 6.07 Å². The van der Waals surface area contributed by atoms with E-state index in [0.29, 0.717) is 0 Å². The lowest BCUT2D eigenvalue weighted by Gasteiger charge is -2.37. The molecule has 2 aliphatic rings.